The first-order valence-electron chi connectivity index (χ1n) is 12.2. The van der Waals surface area contributed by atoms with Crippen molar-refractivity contribution in [2.75, 3.05) is 4.72 Å². The Bertz CT molecular complexity index is 1910. The lowest BCUT2D eigenvalue weighted by Gasteiger charge is -2.15. The third-order valence-corrected chi connectivity index (χ3v) is 10.2. The van der Waals surface area contributed by atoms with Crippen LogP contribution in [0.2, 0.25) is 0 Å². The number of thiazole rings is 1. The highest BCUT2D eigenvalue weighted by Crippen LogP contribution is 2.44. The number of phenolic OH excluding ortho intramolecular Hbond substituents is 1. The predicted octanol–water partition coefficient (Wildman–Crippen LogP) is 6.97. The number of anilines is 1. The Balaban J connectivity index is 1.39. The molecule has 4 aromatic carbocycles. The molecule has 2 aromatic heterocycles. The molecule has 0 saturated carbocycles. The number of aryl methyl sites for hydroxylation is 1. The molecule has 2 heterocycles. The highest BCUT2D eigenvalue weighted by Gasteiger charge is 2.26. The van der Waals surface area contributed by atoms with Crippen LogP contribution in [0.15, 0.2) is 99.1 Å². The number of nitrogens with zero attached hydrogens (tertiary/aromatic N) is 3. The van der Waals surface area contributed by atoms with Gasteiger partial charge in [0, 0.05) is 10.8 Å². The second kappa shape index (κ2) is 10.0. The molecule has 196 valence electrons. The fourth-order valence-corrected chi connectivity index (χ4v) is 8.26. The molecule has 0 aliphatic heterocycles. The van der Waals surface area contributed by atoms with Crippen molar-refractivity contribution in [1.29, 1.82) is 0 Å². The molecule has 0 fully saturated rings. The number of phenols is 1. The van der Waals surface area contributed by atoms with Gasteiger partial charge in [0.15, 0.2) is 4.34 Å². The van der Waals surface area contributed by atoms with Gasteiger partial charge in [-0.2, -0.15) is 5.10 Å². The second-order valence-corrected chi connectivity index (χ2v) is 13.1. The molecular weight excluding hydrogens is 549 g/mol. The predicted molar refractivity (Wildman–Crippen MR) is 157 cm³/mol. The van der Waals surface area contributed by atoms with Crippen LogP contribution in [0.25, 0.3) is 21.0 Å². The molecule has 2 N–H and O–H groups in total. The van der Waals surface area contributed by atoms with Gasteiger partial charge in [-0.1, -0.05) is 78.5 Å². The number of aromatic nitrogens is 3. The van der Waals surface area contributed by atoms with E-state index in [1.807, 2.05) is 66.7 Å². The van der Waals surface area contributed by atoms with Crippen molar-refractivity contribution in [3.63, 3.8) is 0 Å². The lowest BCUT2D eigenvalue weighted by molar-refractivity contribution is 0.469. The number of aromatic hydroxyl groups is 1. The van der Waals surface area contributed by atoms with Gasteiger partial charge in [0.2, 0.25) is 0 Å². The normalized spacial score (nSPS) is 11.8. The van der Waals surface area contributed by atoms with Crippen LogP contribution in [0.4, 0.5) is 5.69 Å². The Morgan fingerprint density at radius 1 is 0.949 bits per heavy atom. The van der Waals surface area contributed by atoms with E-state index in [9.17, 15) is 13.5 Å². The summed E-state index contributed by atoms with van der Waals surface area (Å²) < 4.78 is 33.9. The monoisotopic (exact) mass is 572 g/mol. The van der Waals surface area contributed by atoms with Crippen molar-refractivity contribution in [2.24, 2.45) is 0 Å². The Hall–Kier alpha value is -3.86. The number of hydrogen-bond acceptors (Lipinski definition) is 7. The third kappa shape index (κ3) is 4.87. The fraction of sp³-hybridized carbons (Fsp3) is 0.103. The molecule has 7 nitrogen and oxygen atoms in total. The zero-order chi connectivity index (χ0) is 27.1. The largest absolute Gasteiger partial charge is 0.506 e. The minimum absolute atomic E-state index is 0.0841. The number of rotatable bonds is 7. The third-order valence-electron chi connectivity index (χ3n) is 6.46. The molecule has 0 radical (unpaired) electrons. The summed E-state index contributed by atoms with van der Waals surface area (Å²) in [4.78, 5) is 5.32. The molecule has 0 atom stereocenters. The highest BCUT2D eigenvalue weighted by molar-refractivity contribution is 8.01. The summed E-state index contributed by atoms with van der Waals surface area (Å²) in [5, 5.41) is 16.8. The number of para-hydroxylation sites is 1. The standard InChI is InChI=1S/C29H24N4O3S3/c1-18-28(19(2)33(31-18)17-20-10-4-3-5-11-20)39(35,36)32-24-16-26(27(34)22-13-7-6-12-21(22)24)38-29-30-23-14-8-9-15-25(23)37-29/h3-16,32,34H,17H2,1-2H3. The second-order valence-electron chi connectivity index (χ2n) is 9.11. The summed E-state index contributed by atoms with van der Waals surface area (Å²) in [6.45, 7) is 3.93. The summed E-state index contributed by atoms with van der Waals surface area (Å²) in [5.41, 5.74) is 3.26. The lowest BCUT2D eigenvalue weighted by atomic mass is 10.1. The van der Waals surface area contributed by atoms with Crippen LogP contribution in [0.3, 0.4) is 0 Å². The van der Waals surface area contributed by atoms with Gasteiger partial charge >= 0.3 is 0 Å². The minimum Gasteiger partial charge on any atom is -0.506 e. The van der Waals surface area contributed by atoms with E-state index in [1.54, 1.807) is 36.7 Å². The molecule has 0 amide bonds. The van der Waals surface area contributed by atoms with Gasteiger partial charge < -0.3 is 5.11 Å². The summed E-state index contributed by atoms with van der Waals surface area (Å²) in [5.74, 6) is 0.0841. The maximum absolute atomic E-state index is 13.8. The van der Waals surface area contributed by atoms with E-state index in [-0.39, 0.29) is 10.6 Å². The van der Waals surface area contributed by atoms with Crippen molar-refractivity contribution in [1.82, 2.24) is 14.8 Å². The van der Waals surface area contributed by atoms with Crippen LogP contribution in [-0.4, -0.2) is 28.3 Å². The maximum atomic E-state index is 13.8. The molecule has 0 saturated heterocycles. The van der Waals surface area contributed by atoms with Gasteiger partial charge in [0.1, 0.15) is 10.6 Å². The summed E-state index contributed by atoms with van der Waals surface area (Å²) in [7, 11) is -4.00. The lowest BCUT2D eigenvalue weighted by Crippen LogP contribution is -2.15. The maximum Gasteiger partial charge on any atom is 0.265 e. The Kier molecular flexibility index (Phi) is 6.54. The Labute approximate surface area is 234 Å². The van der Waals surface area contributed by atoms with Crippen LogP contribution in [0.1, 0.15) is 17.0 Å². The molecule has 39 heavy (non-hydrogen) atoms. The van der Waals surface area contributed by atoms with Crippen LogP contribution < -0.4 is 4.72 Å². The summed E-state index contributed by atoms with van der Waals surface area (Å²) >= 11 is 2.83. The van der Waals surface area contributed by atoms with Crippen LogP contribution in [0.5, 0.6) is 5.75 Å². The van der Waals surface area contributed by atoms with E-state index in [0.717, 1.165) is 20.1 Å². The number of sulfonamides is 1. The number of nitrogens with one attached hydrogen (secondary N) is 1. The number of benzene rings is 4. The van der Waals surface area contributed by atoms with E-state index in [1.165, 1.54) is 23.1 Å². The molecule has 6 rings (SSSR count). The average molecular weight is 573 g/mol. The minimum atomic E-state index is -4.00. The number of hydrogen-bond donors (Lipinski definition) is 2. The van der Waals surface area contributed by atoms with Gasteiger partial charge in [0.05, 0.1) is 38.7 Å². The van der Waals surface area contributed by atoms with Crippen LogP contribution in [0, 0.1) is 13.8 Å². The van der Waals surface area contributed by atoms with E-state index in [2.05, 4.69) is 14.8 Å². The van der Waals surface area contributed by atoms with Crippen LogP contribution >= 0.6 is 23.1 Å². The van der Waals surface area contributed by atoms with Gasteiger partial charge in [-0.25, -0.2) is 13.4 Å². The van der Waals surface area contributed by atoms with Crippen molar-refractivity contribution in [3.05, 3.63) is 102 Å². The zero-order valence-corrected chi connectivity index (χ0v) is 23.6. The highest BCUT2D eigenvalue weighted by atomic mass is 32.2. The molecule has 0 aliphatic rings. The van der Waals surface area contributed by atoms with E-state index >= 15 is 0 Å². The first-order chi connectivity index (χ1) is 18.8. The van der Waals surface area contributed by atoms with E-state index in [0.29, 0.717) is 39.3 Å². The smallest absolute Gasteiger partial charge is 0.265 e. The van der Waals surface area contributed by atoms with Gasteiger partial charge in [-0.3, -0.25) is 9.40 Å². The van der Waals surface area contributed by atoms with Crippen molar-refractivity contribution in [3.8, 4) is 5.75 Å². The molecule has 10 heteroatoms. The summed E-state index contributed by atoms with van der Waals surface area (Å²) in [6.07, 6.45) is 0. The summed E-state index contributed by atoms with van der Waals surface area (Å²) in [6, 6.07) is 26.5. The molecule has 6 aromatic rings. The van der Waals surface area contributed by atoms with Crippen LogP contribution in [-0.2, 0) is 16.6 Å². The molecule has 0 aliphatic carbocycles. The molecule has 0 unspecified atom stereocenters. The van der Waals surface area contributed by atoms with Crippen molar-refractivity contribution < 1.29 is 13.5 Å². The van der Waals surface area contributed by atoms with E-state index < -0.39 is 10.0 Å². The topological polar surface area (TPSA) is 97.1 Å². The number of fused-ring (bicyclic) bond motifs is 2. The SMILES string of the molecule is Cc1nn(Cc2ccccc2)c(C)c1S(=O)(=O)Nc1cc(Sc2nc3ccccc3s2)c(O)c2ccccc12. The quantitative estimate of drug-likeness (QED) is 0.201. The zero-order valence-electron chi connectivity index (χ0n) is 21.1. The van der Waals surface area contributed by atoms with Gasteiger partial charge in [-0.15, -0.1) is 11.3 Å². The Morgan fingerprint density at radius 2 is 1.64 bits per heavy atom. The van der Waals surface area contributed by atoms with Gasteiger partial charge in [0.25, 0.3) is 10.0 Å². The molecule has 0 spiro atoms. The Morgan fingerprint density at radius 3 is 2.41 bits per heavy atom. The van der Waals surface area contributed by atoms with Crippen molar-refractivity contribution >= 4 is 59.8 Å². The molecular formula is C29H24N4O3S3. The van der Waals surface area contributed by atoms with Gasteiger partial charge in [-0.05, 0) is 37.6 Å². The fourth-order valence-electron chi connectivity index (χ4n) is 4.66. The van der Waals surface area contributed by atoms with Crippen molar-refractivity contribution in [2.45, 2.75) is 34.5 Å². The average Bonchev–Trinajstić information content (AvgIpc) is 3.46. The van der Waals surface area contributed by atoms with E-state index in [4.69, 9.17) is 0 Å². The first kappa shape index (κ1) is 25.4. The molecule has 0 bridgehead atoms. The first-order valence-corrected chi connectivity index (χ1v) is 15.3.